The van der Waals surface area contributed by atoms with E-state index < -0.39 is 5.97 Å². The monoisotopic (exact) mass is 280 g/mol. The van der Waals surface area contributed by atoms with Crippen molar-refractivity contribution in [3.63, 3.8) is 0 Å². The van der Waals surface area contributed by atoms with Crippen LogP contribution in [0.15, 0.2) is 12.1 Å². The molecule has 1 aromatic rings. The van der Waals surface area contributed by atoms with Gasteiger partial charge in [0.25, 0.3) is 0 Å². The second kappa shape index (κ2) is 5.71. The third-order valence-corrected chi connectivity index (χ3v) is 3.84. The van der Waals surface area contributed by atoms with Gasteiger partial charge in [0, 0.05) is 18.1 Å². The Labute approximate surface area is 118 Å². The van der Waals surface area contributed by atoms with E-state index in [-0.39, 0.29) is 11.8 Å². The third kappa shape index (κ3) is 2.58. The fourth-order valence-electron chi connectivity index (χ4n) is 2.71. The Morgan fingerprint density at radius 1 is 1.25 bits per heavy atom. The van der Waals surface area contributed by atoms with Crippen LogP contribution in [0.5, 0.6) is 11.5 Å². The van der Waals surface area contributed by atoms with E-state index in [1.165, 1.54) is 0 Å². The zero-order valence-electron chi connectivity index (χ0n) is 12.1. The average Bonchev–Trinajstić information content (AvgIpc) is 3.18. The van der Waals surface area contributed by atoms with Crippen LogP contribution >= 0.6 is 0 Å². The van der Waals surface area contributed by atoms with Crippen molar-refractivity contribution in [3.05, 3.63) is 23.3 Å². The van der Waals surface area contributed by atoms with Crippen LogP contribution in [0.2, 0.25) is 0 Å². The van der Waals surface area contributed by atoms with E-state index in [2.05, 4.69) is 0 Å². The van der Waals surface area contributed by atoms with Crippen molar-refractivity contribution < 1.29 is 24.1 Å². The van der Waals surface area contributed by atoms with Crippen molar-refractivity contribution in [2.45, 2.75) is 31.3 Å². The summed E-state index contributed by atoms with van der Waals surface area (Å²) in [7, 11) is 4.79. The number of hydrogen-bond acceptors (Lipinski definition) is 4. The molecule has 0 spiro atoms. The first-order chi connectivity index (χ1) is 9.57. The molecule has 2 rings (SSSR count). The Morgan fingerprint density at radius 2 is 1.95 bits per heavy atom. The molecule has 0 atom stereocenters. The van der Waals surface area contributed by atoms with Crippen molar-refractivity contribution in [2.24, 2.45) is 0 Å². The summed E-state index contributed by atoms with van der Waals surface area (Å²) in [4.78, 5) is 11.1. The van der Waals surface area contributed by atoms with Crippen LogP contribution in [-0.2, 0) is 21.6 Å². The van der Waals surface area contributed by atoms with Crippen LogP contribution in [0.3, 0.4) is 0 Å². The second-order valence-electron chi connectivity index (χ2n) is 5.11. The van der Waals surface area contributed by atoms with E-state index >= 15 is 0 Å². The van der Waals surface area contributed by atoms with Crippen molar-refractivity contribution in [3.8, 4) is 11.5 Å². The molecule has 0 aromatic heterocycles. The smallest absolute Gasteiger partial charge is 0.304 e. The SMILES string of the molecule is COCc1c(OC)ccc(C2(CC(=O)O)CC2)c1OC. The summed E-state index contributed by atoms with van der Waals surface area (Å²) in [6, 6.07) is 3.76. The first-order valence-corrected chi connectivity index (χ1v) is 6.53. The van der Waals surface area contributed by atoms with Gasteiger partial charge in [-0.3, -0.25) is 4.79 Å². The number of carboxylic acid groups (broad SMARTS) is 1. The van der Waals surface area contributed by atoms with Crippen LogP contribution in [0.4, 0.5) is 0 Å². The van der Waals surface area contributed by atoms with E-state index in [9.17, 15) is 4.79 Å². The highest BCUT2D eigenvalue weighted by Crippen LogP contribution is 2.55. The average molecular weight is 280 g/mol. The van der Waals surface area contributed by atoms with E-state index in [0.717, 1.165) is 24.0 Å². The maximum absolute atomic E-state index is 11.1. The van der Waals surface area contributed by atoms with E-state index in [0.29, 0.717) is 18.1 Å². The third-order valence-electron chi connectivity index (χ3n) is 3.84. The lowest BCUT2D eigenvalue weighted by atomic mass is 9.89. The molecule has 0 amide bonds. The van der Waals surface area contributed by atoms with Crippen molar-refractivity contribution >= 4 is 5.97 Å². The molecule has 5 nitrogen and oxygen atoms in total. The highest BCUT2D eigenvalue weighted by atomic mass is 16.5. The number of carboxylic acids is 1. The van der Waals surface area contributed by atoms with Gasteiger partial charge in [-0.15, -0.1) is 0 Å². The molecule has 0 radical (unpaired) electrons. The molecule has 0 heterocycles. The molecule has 5 heteroatoms. The summed E-state index contributed by atoms with van der Waals surface area (Å²) in [5.41, 5.74) is 1.47. The zero-order valence-corrected chi connectivity index (χ0v) is 12.1. The fraction of sp³-hybridized carbons (Fsp3) is 0.533. The van der Waals surface area contributed by atoms with Crippen LogP contribution in [0.25, 0.3) is 0 Å². The summed E-state index contributed by atoms with van der Waals surface area (Å²) < 4.78 is 16.1. The molecule has 0 saturated heterocycles. The molecule has 1 aliphatic rings. The number of hydrogen-bond donors (Lipinski definition) is 1. The molecule has 0 unspecified atom stereocenters. The minimum atomic E-state index is -0.784. The predicted molar refractivity (Wildman–Crippen MR) is 73.4 cm³/mol. The topological polar surface area (TPSA) is 65.0 Å². The summed E-state index contributed by atoms with van der Waals surface area (Å²) in [5.74, 6) is 0.595. The zero-order chi connectivity index (χ0) is 14.8. The second-order valence-corrected chi connectivity index (χ2v) is 5.11. The standard InChI is InChI=1S/C15H20O5/c1-18-9-10-12(19-2)5-4-11(14(10)20-3)15(6-7-15)8-13(16)17/h4-5H,6-9H2,1-3H3,(H,16,17). The van der Waals surface area contributed by atoms with Gasteiger partial charge in [-0.2, -0.15) is 0 Å². The van der Waals surface area contributed by atoms with Gasteiger partial charge in [0.05, 0.1) is 32.8 Å². The van der Waals surface area contributed by atoms with Gasteiger partial charge in [-0.1, -0.05) is 6.07 Å². The first-order valence-electron chi connectivity index (χ1n) is 6.53. The normalized spacial score (nSPS) is 15.8. The van der Waals surface area contributed by atoms with Crippen LogP contribution in [0, 0.1) is 0 Å². The summed E-state index contributed by atoms with van der Waals surface area (Å²) in [6.45, 7) is 0.364. The molecule has 20 heavy (non-hydrogen) atoms. The molecule has 1 aromatic carbocycles. The fourth-order valence-corrected chi connectivity index (χ4v) is 2.71. The van der Waals surface area contributed by atoms with Crippen molar-refractivity contribution in [1.29, 1.82) is 0 Å². The number of ether oxygens (including phenoxy) is 3. The van der Waals surface area contributed by atoms with Gasteiger partial charge < -0.3 is 19.3 Å². The van der Waals surface area contributed by atoms with E-state index in [1.54, 1.807) is 21.3 Å². The Hall–Kier alpha value is -1.75. The van der Waals surface area contributed by atoms with Crippen LogP contribution < -0.4 is 9.47 Å². The summed E-state index contributed by atoms with van der Waals surface area (Å²) >= 11 is 0. The van der Waals surface area contributed by atoms with E-state index in [4.69, 9.17) is 19.3 Å². The lowest BCUT2D eigenvalue weighted by Gasteiger charge is -2.21. The summed E-state index contributed by atoms with van der Waals surface area (Å²) in [5, 5.41) is 9.10. The molecular weight excluding hydrogens is 260 g/mol. The number of aliphatic carboxylic acids is 1. The quantitative estimate of drug-likeness (QED) is 0.830. The largest absolute Gasteiger partial charge is 0.496 e. The predicted octanol–water partition coefficient (Wildman–Crippen LogP) is 2.36. The van der Waals surface area contributed by atoms with E-state index in [1.807, 2.05) is 12.1 Å². The van der Waals surface area contributed by atoms with Gasteiger partial charge in [-0.05, 0) is 18.9 Å². The minimum absolute atomic E-state index is 0.127. The van der Waals surface area contributed by atoms with Crippen LogP contribution in [-0.4, -0.2) is 32.4 Å². The molecule has 1 N–H and O–H groups in total. The maximum Gasteiger partial charge on any atom is 0.304 e. The number of benzene rings is 1. The summed E-state index contributed by atoms with van der Waals surface area (Å²) in [6.07, 6.45) is 1.87. The Morgan fingerprint density at radius 3 is 2.40 bits per heavy atom. The number of rotatable bonds is 7. The van der Waals surface area contributed by atoms with Gasteiger partial charge in [0.15, 0.2) is 0 Å². The Balaban J connectivity index is 2.48. The molecule has 1 fully saturated rings. The molecule has 1 aliphatic carbocycles. The first kappa shape index (κ1) is 14.7. The maximum atomic E-state index is 11.1. The van der Waals surface area contributed by atoms with Crippen molar-refractivity contribution in [2.75, 3.05) is 21.3 Å². The minimum Gasteiger partial charge on any atom is -0.496 e. The lowest BCUT2D eigenvalue weighted by molar-refractivity contribution is -0.137. The van der Waals surface area contributed by atoms with Gasteiger partial charge >= 0.3 is 5.97 Å². The van der Waals surface area contributed by atoms with Gasteiger partial charge in [0.1, 0.15) is 11.5 Å². The number of methoxy groups -OCH3 is 3. The van der Waals surface area contributed by atoms with Crippen molar-refractivity contribution in [1.82, 2.24) is 0 Å². The molecule has 1 saturated carbocycles. The lowest BCUT2D eigenvalue weighted by Crippen LogP contribution is -2.15. The number of carbonyl (C=O) groups is 1. The Bertz CT molecular complexity index is 505. The molecular formula is C15H20O5. The molecule has 0 aliphatic heterocycles. The molecule has 110 valence electrons. The highest BCUT2D eigenvalue weighted by molar-refractivity contribution is 5.71. The molecule has 0 bridgehead atoms. The van der Waals surface area contributed by atoms with Gasteiger partial charge in [-0.25, -0.2) is 0 Å². The highest BCUT2D eigenvalue weighted by Gasteiger charge is 2.48. The van der Waals surface area contributed by atoms with Crippen LogP contribution in [0.1, 0.15) is 30.4 Å². The van der Waals surface area contributed by atoms with Gasteiger partial charge in [0.2, 0.25) is 0 Å². The Kier molecular flexibility index (Phi) is 4.18.